The molecule has 1 amide bonds. The summed E-state index contributed by atoms with van der Waals surface area (Å²) >= 11 is 0. The number of Topliss-reactive ketones (excluding diaryl/α,β-unsaturated/α-hetero) is 1. The van der Waals surface area contributed by atoms with E-state index >= 15 is 0 Å². The number of rotatable bonds is 7. The van der Waals surface area contributed by atoms with Gasteiger partial charge in [0.1, 0.15) is 12.4 Å². The first-order valence-corrected chi connectivity index (χ1v) is 11.2. The highest BCUT2D eigenvalue weighted by Crippen LogP contribution is 2.38. The van der Waals surface area contributed by atoms with E-state index in [1.54, 1.807) is 0 Å². The third-order valence-corrected chi connectivity index (χ3v) is 6.14. The second-order valence-electron chi connectivity index (χ2n) is 8.31. The lowest BCUT2D eigenvalue weighted by atomic mass is 9.76. The molecule has 0 aliphatic carbocycles. The molecule has 2 heterocycles. The third kappa shape index (κ3) is 6.10. The molecular weight excluding hydrogens is 362 g/mol. The molecular formula is C25H33NO3. The number of fused-ring (bicyclic) bond motifs is 2. The largest absolute Gasteiger partial charge is 0.445 e. The lowest BCUT2D eigenvalue weighted by Gasteiger charge is -2.47. The molecule has 2 saturated heterocycles. The minimum absolute atomic E-state index is 0.0356. The molecule has 1 aromatic rings. The number of hydrogen-bond acceptors (Lipinski definition) is 3. The van der Waals surface area contributed by atoms with E-state index in [4.69, 9.17) is 4.74 Å². The van der Waals surface area contributed by atoms with E-state index < -0.39 is 0 Å². The number of ketones is 1. The number of unbranched alkanes of at least 4 members (excludes halogenated alkanes) is 3. The minimum Gasteiger partial charge on any atom is -0.445 e. The summed E-state index contributed by atoms with van der Waals surface area (Å²) in [6.07, 6.45) is 9.08. The van der Waals surface area contributed by atoms with Crippen molar-refractivity contribution in [2.45, 2.75) is 89.8 Å². The van der Waals surface area contributed by atoms with Crippen LogP contribution in [0.5, 0.6) is 0 Å². The van der Waals surface area contributed by atoms with Gasteiger partial charge in [0.2, 0.25) is 0 Å². The van der Waals surface area contributed by atoms with Gasteiger partial charge >= 0.3 is 6.09 Å². The van der Waals surface area contributed by atoms with E-state index in [0.29, 0.717) is 13.0 Å². The molecule has 156 valence electrons. The number of carbonyl (C=O) groups is 2. The molecule has 2 fully saturated rings. The Kier molecular flexibility index (Phi) is 8.16. The zero-order chi connectivity index (χ0) is 20.5. The van der Waals surface area contributed by atoms with Gasteiger partial charge in [-0.2, -0.15) is 0 Å². The van der Waals surface area contributed by atoms with Gasteiger partial charge < -0.3 is 9.64 Å². The van der Waals surface area contributed by atoms with Crippen molar-refractivity contribution in [3.8, 4) is 11.8 Å². The lowest BCUT2D eigenvalue weighted by Crippen LogP contribution is -2.55. The van der Waals surface area contributed by atoms with E-state index in [-0.39, 0.29) is 29.9 Å². The molecule has 1 aromatic carbocycles. The van der Waals surface area contributed by atoms with Gasteiger partial charge in [-0.1, -0.05) is 56.0 Å². The lowest BCUT2D eigenvalue weighted by molar-refractivity contribution is -0.125. The van der Waals surface area contributed by atoms with E-state index in [1.807, 2.05) is 35.2 Å². The number of amides is 1. The fourth-order valence-electron chi connectivity index (χ4n) is 4.58. The molecule has 0 N–H and O–H groups in total. The average Bonchev–Trinajstić information content (AvgIpc) is 2.74. The molecule has 0 saturated carbocycles. The van der Waals surface area contributed by atoms with Crippen molar-refractivity contribution in [2.24, 2.45) is 5.92 Å². The van der Waals surface area contributed by atoms with Crippen molar-refractivity contribution in [1.29, 1.82) is 0 Å². The molecule has 2 atom stereocenters. The Morgan fingerprint density at radius 3 is 2.48 bits per heavy atom. The van der Waals surface area contributed by atoms with Gasteiger partial charge in [0, 0.05) is 24.4 Å². The number of carbonyl (C=O) groups excluding carboxylic acids is 2. The van der Waals surface area contributed by atoms with Gasteiger partial charge in [0.15, 0.2) is 0 Å². The Morgan fingerprint density at radius 1 is 1.07 bits per heavy atom. The molecule has 2 aliphatic heterocycles. The first-order chi connectivity index (χ1) is 14.2. The van der Waals surface area contributed by atoms with Crippen LogP contribution in [0.15, 0.2) is 30.3 Å². The van der Waals surface area contributed by atoms with E-state index in [2.05, 4.69) is 18.8 Å². The molecule has 2 aliphatic rings. The van der Waals surface area contributed by atoms with Crippen LogP contribution >= 0.6 is 0 Å². The number of nitrogens with zero attached hydrogens (tertiary/aromatic N) is 1. The number of ether oxygens (including phenoxy) is 1. The Labute approximate surface area is 175 Å². The maximum atomic E-state index is 12.8. The standard InChI is InChI=1S/C25H33NO3/c1-2-3-4-5-6-10-16-24(27)21-17-22-14-11-15-23(18-21)26(22)25(28)29-19-20-12-8-7-9-13-20/h7-9,12-13,21-23H,2-5,11,14-19H2,1H3. The smallest absolute Gasteiger partial charge is 0.410 e. The van der Waals surface area contributed by atoms with Crippen molar-refractivity contribution in [3.63, 3.8) is 0 Å². The molecule has 2 bridgehead atoms. The highest BCUT2D eigenvalue weighted by molar-refractivity contribution is 5.83. The summed E-state index contributed by atoms with van der Waals surface area (Å²) in [4.78, 5) is 27.3. The van der Waals surface area contributed by atoms with Crippen LogP contribution in [0.3, 0.4) is 0 Å². The van der Waals surface area contributed by atoms with Gasteiger partial charge in [-0.25, -0.2) is 4.79 Å². The molecule has 0 spiro atoms. The number of benzene rings is 1. The summed E-state index contributed by atoms with van der Waals surface area (Å²) in [5.74, 6) is 6.51. The number of piperidine rings is 2. The van der Waals surface area contributed by atoms with Crippen LogP contribution in [-0.2, 0) is 16.1 Å². The summed E-state index contributed by atoms with van der Waals surface area (Å²) < 4.78 is 5.59. The maximum Gasteiger partial charge on any atom is 0.410 e. The summed E-state index contributed by atoms with van der Waals surface area (Å²) in [5, 5.41) is 0. The predicted octanol–water partition coefficient (Wildman–Crippen LogP) is 5.50. The summed E-state index contributed by atoms with van der Waals surface area (Å²) in [7, 11) is 0. The Morgan fingerprint density at radius 2 is 1.79 bits per heavy atom. The molecule has 4 nitrogen and oxygen atoms in total. The van der Waals surface area contributed by atoms with Gasteiger partial charge in [-0.15, -0.1) is 5.92 Å². The molecule has 3 rings (SSSR count). The topological polar surface area (TPSA) is 46.6 Å². The van der Waals surface area contributed by atoms with Crippen molar-refractivity contribution < 1.29 is 14.3 Å². The Hall–Kier alpha value is -2.28. The van der Waals surface area contributed by atoms with Crippen LogP contribution in [0.25, 0.3) is 0 Å². The van der Waals surface area contributed by atoms with Crippen LogP contribution in [0, 0.1) is 17.8 Å². The van der Waals surface area contributed by atoms with Crippen LogP contribution in [0.1, 0.15) is 76.7 Å². The predicted molar refractivity (Wildman–Crippen MR) is 114 cm³/mol. The maximum absolute atomic E-state index is 12.8. The first-order valence-electron chi connectivity index (χ1n) is 11.2. The van der Waals surface area contributed by atoms with Crippen LogP contribution in [0.2, 0.25) is 0 Å². The quantitative estimate of drug-likeness (QED) is 0.452. The van der Waals surface area contributed by atoms with E-state index in [0.717, 1.165) is 50.5 Å². The minimum atomic E-state index is -0.231. The molecule has 0 radical (unpaired) electrons. The highest BCUT2D eigenvalue weighted by atomic mass is 16.6. The summed E-state index contributed by atoms with van der Waals surface area (Å²) in [6, 6.07) is 10.0. The highest BCUT2D eigenvalue weighted by Gasteiger charge is 2.43. The third-order valence-electron chi connectivity index (χ3n) is 6.14. The zero-order valence-corrected chi connectivity index (χ0v) is 17.6. The molecule has 2 unspecified atom stereocenters. The second kappa shape index (κ2) is 11.0. The van der Waals surface area contributed by atoms with Crippen molar-refractivity contribution in [2.75, 3.05) is 0 Å². The fourth-order valence-corrected chi connectivity index (χ4v) is 4.58. The Balaban J connectivity index is 1.51. The molecule has 4 heteroatoms. The van der Waals surface area contributed by atoms with E-state index in [1.165, 1.54) is 12.8 Å². The van der Waals surface area contributed by atoms with Crippen molar-refractivity contribution >= 4 is 11.9 Å². The van der Waals surface area contributed by atoms with E-state index in [9.17, 15) is 9.59 Å². The first kappa shape index (κ1) is 21.4. The summed E-state index contributed by atoms with van der Waals surface area (Å²) in [6.45, 7) is 2.48. The van der Waals surface area contributed by atoms with Gasteiger partial charge in [-0.05, 0) is 44.1 Å². The second-order valence-corrected chi connectivity index (χ2v) is 8.31. The molecule has 0 aromatic heterocycles. The fraction of sp³-hybridized carbons (Fsp3) is 0.600. The molecule has 29 heavy (non-hydrogen) atoms. The zero-order valence-electron chi connectivity index (χ0n) is 17.6. The average molecular weight is 396 g/mol. The van der Waals surface area contributed by atoms with Crippen molar-refractivity contribution in [3.05, 3.63) is 35.9 Å². The van der Waals surface area contributed by atoms with Crippen LogP contribution in [-0.4, -0.2) is 28.9 Å². The number of hydrogen-bond donors (Lipinski definition) is 0. The van der Waals surface area contributed by atoms with Gasteiger partial charge in [0.05, 0.1) is 6.42 Å². The van der Waals surface area contributed by atoms with Crippen LogP contribution in [0.4, 0.5) is 4.79 Å². The van der Waals surface area contributed by atoms with Crippen LogP contribution < -0.4 is 0 Å². The Bertz CT molecular complexity index is 719. The normalized spacial score (nSPS) is 23.1. The SMILES string of the molecule is CCCCCC#CCC(=O)C1CC2CCCC(C1)N2C(=O)OCc1ccccc1. The monoisotopic (exact) mass is 395 g/mol. The van der Waals surface area contributed by atoms with Gasteiger partial charge in [-0.3, -0.25) is 4.79 Å². The van der Waals surface area contributed by atoms with Gasteiger partial charge in [0.25, 0.3) is 0 Å². The van der Waals surface area contributed by atoms with Crippen molar-refractivity contribution in [1.82, 2.24) is 4.90 Å². The summed E-state index contributed by atoms with van der Waals surface area (Å²) in [5.41, 5.74) is 0.994.